The standard InChI is InChI=1S/C16H17N3O2/c1-11(2)9-20-8-7-17-16-15-14(18-10-19-16)12-5-3-4-6-13(12)21-15/h3-6,10H,1,7-9H2,2H3,(H,17,18,19). The van der Waals surface area contributed by atoms with Crippen molar-refractivity contribution in [3.8, 4) is 0 Å². The second-order valence-electron chi connectivity index (χ2n) is 4.93. The molecule has 0 spiro atoms. The molecule has 3 aromatic rings. The Bertz CT molecular complexity index is 779. The Morgan fingerprint density at radius 1 is 1.33 bits per heavy atom. The molecule has 0 fully saturated rings. The third kappa shape index (κ3) is 2.87. The van der Waals surface area contributed by atoms with Crippen LogP contribution in [0.1, 0.15) is 6.92 Å². The molecule has 0 aliphatic carbocycles. The van der Waals surface area contributed by atoms with Crippen molar-refractivity contribution in [1.29, 1.82) is 0 Å². The van der Waals surface area contributed by atoms with E-state index in [9.17, 15) is 0 Å². The summed E-state index contributed by atoms with van der Waals surface area (Å²) in [6.45, 7) is 7.54. The quantitative estimate of drug-likeness (QED) is 0.555. The lowest BCUT2D eigenvalue weighted by atomic mass is 10.2. The highest BCUT2D eigenvalue weighted by atomic mass is 16.5. The number of nitrogens with zero attached hydrogens (tertiary/aromatic N) is 2. The van der Waals surface area contributed by atoms with Crippen molar-refractivity contribution >= 4 is 27.9 Å². The normalized spacial score (nSPS) is 11.1. The summed E-state index contributed by atoms with van der Waals surface area (Å²) in [5.41, 5.74) is 3.33. The van der Waals surface area contributed by atoms with Gasteiger partial charge in [0.1, 0.15) is 17.4 Å². The predicted octanol–water partition coefficient (Wildman–Crippen LogP) is 3.38. The summed E-state index contributed by atoms with van der Waals surface area (Å²) < 4.78 is 11.3. The van der Waals surface area contributed by atoms with E-state index in [-0.39, 0.29) is 0 Å². The molecule has 0 saturated heterocycles. The Morgan fingerprint density at radius 2 is 2.19 bits per heavy atom. The lowest BCUT2D eigenvalue weighted by Gasteiger charge is -2.06. The first-order valence-electron chi connectivity index (χ1n) is 6.84. The van der Waals surface area contributed by atoms with Crippen molar-refractivity contribution in [1.82, 2.24) is 9.97 Å². The highest BCUT2D eigenvalue weighted by molar-refractivity contribution is 6.05. The first-order valence-corrected chi connectivity index (χ1v) is 6.84. The number of hydrogen-bond donors (Lipinski definition) is 1. The highest BCUT2D eigenvalue weighted by Gasteiger charge is 2.12. The van der Waals surface area contributed by atoms with Gasteiger partial charge in [0, 0.05) is 11.9 Å². The Kier molecular flexibility index (Phi) is 3.83. The van der Waals surface area contributed by atoms with Crippen LogP contribution in [0, 0.1) is 0 Å². The van der Waals surface area contributed by atoms with E-state index in [1.54, 1.807) is 6.33 Å². The maximum Gasteiger partial charge on any atom is 0.196 e. The van der Waals surface area contributed by atoms with Crippen LogP contribution in [-0.4, -0.2) is 29.7 Å². The van der Waals surface area contributed by atoms with E-state index in [0.29, 0.717) is 31.2 Å². The minimum absolute atomic E-state index is 0.575. The molecular formula is C16H17N3O2. The molecule has 0 amide bonds. The summed E-state index contributed by atoms with van der Waals surface area (Å²) >= 11 is 0. The zero-order chi connectivity index (χ0) is 14.7. The zero-order valence-corrected chi connectivity index (χ0v) is 11.9. The van der Waals surface area contributed by atoms with Crippen LogP contribution in [0.4, 0.5) is 5.82 Å². The fraction of sp³-hybridized carbons (Fsp3) is 0.250. The summed E-state index contributed by atoms with van der Waals surface area (Å²) in [7, 11) is 0. The van der Waals surface area contributed by atoms with Crippen LogP contribution in [0.2, 0.25) is 0 Å². The van der Waals surface area contributed by atoms with Gasteiger partial charge in [-0.05, 0) is 19.1 Å². The van der Waals surface area contributed by atoms with Crippen LogP contribution in [0.5, 0.6) is 0 Å². The smallest absolute Gasteiger partial charge is 0.196 e. The van der Waals surface area contributed by atoms with Crippen LogP contribution >= 0.6 is 0 Å². The van der Waals surface area contributed by atoms with Gasteiger partial charge in [0.05, 0.1) is 13.2 Å². The summed E-state index contributed by atoms with van der Waals surface area (Å²) in [4.78, 5) is 8.56. The van der Waals surface area contributed by atoms with E-state index >= 15 is 0 Å². The number of furan rings is 1. The number of ether oxygens (including phenoxy) is 1. The van der Waals surface area contributed by atoms with Gasteiger partial charge in [-0.25, -0.2) is 9.97 Å². The monoisotopic (exact) mass is 283 g/mol. The molecule has 21 heavy (non-hydrogen) atoms. The number of fused-ring (bicyclic) bond motifs is 3. The number of benzene rings is 1. The summed E-state index contributed by atoms with van der Waals surface area (Å²) in [6.07, 6.45) is 1.54. The SMILES string of the molecule is C=C(C)COCCNc1ncnc2c1oc1ccccc12. The minimum atomic E-state index is 0.575. The molecule has 5 nitrogen and oxygen atoms in total. The molecule has 0 aliphatic heterocycles. The summed E-state index contributed by atoms with van der Waals surface area (Å²) in [5.74, 6) is 0.690. The largest absolute Gasteiger partial charge is 0.450 e. The molecule has 1 aromatic carbocycles. The predicted molar refractivity (Wildman–Crippen MR) is 83.4 cm³/mol. The van der Waals surface area contributed by atoms with Gasteiger partial charge in [0.25, 0.3) is 0 Å². The van der Waals surface area contributed by atoms with Crippen LogP contribution in [0.15, 0.2) is 47.2 Å². The first-order chi connectivity index (χ1) is 10.3. The average molecular weight is 283 g/mol. The second-order valence-corrected chi connectivity index (χ2v) is 4.93. The zero-order valence-electron chi connectivity index (χ0n) is 11.9. The van der Waals surface area contributed by atoms with Crippen LogP contribution in [-0.2, 0) is 4.74 Å². The number of nitrogens with one attached hydrogen (secondary N) is 1. The van der Waals surface area contributed by atoms with E-state index in [2.05, 4.69) is 21.9 Å². The molecule has 2 aromatic heterocycles. The average Bonchev–Trinajstić information content (AvgIpc) is 2.86. The molecule has 0 atom stereocenters. The van der Waals surface area contributed by atoms with E-state index < -0.39 is 0 Å². The maximum absolute atomic E-state index is 5.84. The third-order valence-electron chi connectivity index (χ3n) is 3.05. The number of anilines is 1. The molecule has 0 bridgehead atoms. The summed E-state index contributed by atoms with van der Waals surface area (Å²) in [5, 5.41) is 4.22. The van der Waals surface area contributed by atoms with Crippen LogP contribution < -0.4 is 5.32 Å². The number of hydrogen-bond acceptors (Lipinski definition) is 5. The minimum Gasteiger partial charge on any atom is -0.450 e. The van der Waals surface area contributed by atoms with E-state index in [0.717, 1.165) is 22.1 Å². The fourth-order valence-corrected chi connectivity index (χ4v) is 2.14. The van der Waals surface area contributed by atoms with Gasteiger partial charge in [-0.15, -0.1) is 0 Å². The molecule has 5 heteroatoms. The molecule has 3 rings (SSSR count). The first kappa shape index (κ1) is 13.6. The second kappa shape index (κ2) is 5.93. The highest BCUT2D eigenvalue weighted by Crippen LogP contribution is 2.29. The number of aromatic nitrogens is 2. The van der Waals surface area contributed by atoms with Crippen molar-refractivity contribution in [3.05, 3.63) is 42.7 Å². The van der Waals surface area contributed by atoms with Gasteiger partial charge in [-0.1, -0.05) is 24.3 Å². The lowest BCUT2D eigenvalue weighted by Crippen LogP contribution is -2.11. The Hall–Kier alpha value is -2.40. The number of rotatable bonds is 6. The van der Waals surface area contributed by atoms with Gasteiger partial charge in [0.2, 0.25) is 0 Å². The van der Waals surface area contributed by atoms with E-state index in [1.807, 2.05) is 31.2 Å². The van der Waals surface area contributed by atoms with E-state index in [1.165, 1.54) is 0 Å². The van der Waals surface area contributed by atoms with E-state index in [4.69, 9.17) is 9.15 Å². The molecule has 0 unspecified atom stereocenters. The molecule has 0 aliphatic rings. The Labute approximate surface area is 122 Å². The topological polar surface area (TPSA) is 60.2 Å². The number of para-hydroxylation sites is 1. The van der Waals surface area contributed by atoms with Gasteiger partial charge in [-0.3, -0.25) is 0 Å². The molecule has 108 valence electrons. The summed E-state index contributed by atoms with van der Waals surface area (Å²) in [6, 6.07) is 7.83. The van der Waals surface area contributed by atoms with Gasteiger partial charge < -0.3 is 14.5 Å². The third-order valence-corrected chi connectivity index (χ3v) is 3.05. The maximum atomic E-state index is 5.84. The van der Waals surface area contributed by atoms with Gasteiger partial charge in [0.15, 0.2) is 11.4 Å². The van der Waals surface area contributed by atoms with Crippen molar-refractivity contribution in [2.45, 2.75) is 6.92 Å². The molecule has 0 radical (unpaired) electrons. The fourth-order valence-electron chi connectivity index (χ4n) is 2.14. The van der Waals surface area contributed by atoms with Crippen molar-refractivity contribution in [2.75, 3.05) is 25.1 Å². The Balaban J connectivity index is 1.78. The van der Waals surface area contributed by atoms with Gasteiger partial charge >= 0.3 is 0 Å². The van der Waals surface area contributed by atoms with Crippen LogP contribution in [0.25, 0.3) is 22.1 Å². The van der Waals surface area contributed by atoms with Crippen LogP contribution in [0.3, 0.4) is 0 Å². The van der Waals surface area contributed by atoms with Crippen molar-refractivity contribution in [2.24, 2.45) is 0 Å². The molecule has 0 saturated carbocycles. The lowest BCUT2D eigenvalue weighted by molar-refractivity contribution is 0.167. The van der Waals surface area contributed by atoms with Crippen molar-refractivity contribution in [3.63, 3.8) is 0 Å². The molecule has 2 heterocycles. The van der Waals surface area contributed by atoms with Crippen molar-refractivity contribution < 1.29 is 9.15 Å². The molecular weight excluding hydrogens is 266 g/mol. The Morgan fingerprint density at radius 3 is 3.05 bits per heavy atom. The van der Waals surface area contributed by atoms with Gasteiger partial charge in [-0.2, -0.15) is 0 Å². The molecule has 1 N–H and O–H groups in total.